The zero-order chi connectivity index (χ0) is 13.3. The molecule has 1 aliphatic heterocycles. The summed E-state index contributed by atoms with van der Waals surface area (Å²) in [6.45, 7) is 0.236. The number of halogens is 2. The van der Waals surface area contributed by atoms with Gasteiger partial charge in [0.2, 0.25) is 10.0 Å². The van der Waals surface area contributed by atoms with E-state index in [4.69, 9.17) is 5.73 Å². The first kappa shape index (κ1) is 13.4. The van der Waals surface area contributed by atoms with Crippen LogP contribution in [-0.2, 0) is 10.0 Å². The summed E-state index contributed by atoms with van der Waals surface area (Å²) in [6.07, 6.45) is 1.35. The monoisotopic (exact) mass is 276 g/mol. The molecule has 4 nitrogen and oxygen atoms in total. The summed E-state index contributed by atoms with van der Waals surface area (Å²) in [5.74, 6) is -1.75. The van der Waals surface area contributed by atoms with Gasteiger partial charge in [-0.05, 0) is 37.5 Å². The molecule has 0 aromatic heterocycles. The fourth-order valence-electron chi connectivity index (χ4n) is 2.03. The van der Waals surface area contributed by atoms with Crippen molar-refractivity contribution in [1.29, 1.82) is 0 Å². The molecular weight excluding hydrogens is 262 g/mol. The van der Waals surface area contributed by atoms with Crippen molar-refractivity contribution in [2.75, 3.05) is 6.54 Å². The summed E-state index contributed by atoms with van der Waals surface area (Å²) in [4.78, 5) is -0.653. The van der Waals surface area contributed by atoms with E-state index in [1.54, 1.807) is 0 Å². The van der Waals surface area contributed by atoms with Gasteiger partial charge in [-0.1, -0.05) is 0 Å². The van der Waals surface area contributed by atoms with Gasteiger partial charge in [0.1, 0.15) is 16.5 Å². The Labute approximate surface area is 104 Å². The van der Waals surface area contributed by atoms with E-state index in [-0.39, 0.29) is 6.54 Å². The van der Waals surface area contributed by atoms with E-state index < -0.39 is 32.7 Å². The second-order valence-electron chi connectivity index (χ2n) is 4.25. The Hall–Kier alpha value is -1.05. The summed E-state index contributed by atoms with van der Waals surface area (Å²) in [5, 5.41) is 0. The van der Waals surface area contributed by atoms with Gasteiger partial charge in [-0.25, -0.2) is 17.2 Å². The standard InChI is InChI=1S/C11H14F2N2O2S/c12-8-4-5-9(13)10(7-8)18(16,17)15-6-2-1-3-11(15)14/h4-5,7,11H,1-3,6,14H2. The normalized spacial score (nSPS) is 22.1. The van der Waals surface area contributed by atoms with Crippen molar-refractivity contribution in [2.45, 2.75) is 30.3 Å². The maximum atomic E-state index is 13.5. The van der Waals surface area contributed by atoms with Crippen LogP contribution in [0.25, 0.3) is 0 Å². The topological polar surface area (TPSA) is 63.4 Å². The second-order valence-corrected chi connectivity index (χ2v) is 6.11. The molecular formula is C11H14F2N2O2S. The molecule has 7 heteroatoms. The number of nitrogens with zero attached hydrogens (tertiary/aromatic N) is 1. The Bertz CT molecular complexity index is 548. The third kappa shape index (κ3) is 2.38. The van der Waals surface area contributed by atoms with Crippen LogP contribution >= 0.6 is 0 Å². The highest BCUT2D eigenvalue weighted by molar-refractivity contribution is 7.89. The molecule has 2 rings (SSSR count). The highest BCUT2D eigenvalue weighted by Gasteiger charge is 2.33. The fourth-order valence-corrected chi connectivity index (χ4v) is 3.69. The lowest BCUT2D eigenvalue weighted by molar-refractivity contribution is 0.257. The van der Waals surface area contributed by atoms with Gasteiger partial charge in [-0.15, -0.1) is 0 Å². The van der Waals surface area contributed by atoms with Crippen LogP contribution in [0.4, 0.5) is 8.78 Å². The summed E-state index contributed by atoms with van der Waals surface area (Å²) >= 11 is 0. The molecule has 1 aromatic rings. The Morgan fingerprint density at radius 2 is 2.00 bits per heavy atom. The predicted molar refractivity (Wildman–Crippen MR) is 62.1 cm³/mol. The number of benzene rings is 1. The van der Waals surface area contributed by atoms with E-state index >= 15 is 0 Å². The lowest BCUT2D eigenvalue weighted by Gasteiger charge is -2.31. The average molecular weight is 276 g/mol. The minimum absolute atomic E-state index is 0.236. The Balaban J connectivity index is 2.44. The van der Waals surface area contributed by atoms with Crippen LogP contribution in [0.15, 0.2) is 23.1 Å². The van der Waals surface area contributed by atoms with Crippen molar-refractivity contribution in [1.82, 2.24) is 4.31 Å². The second kappa shape index (κ2) is 4.91. The van der Waals surface area contributed by atoms with Gasteiger partial charge in [0.05, 0.1) is 6.17 Å². The Morgan fingerprint density at radius 1 is 1.28 bits per heavy atom. The molecule has 1 aliphatic rings. The van der Waals surface area contributed by atoms with E-state index in [0.717, 1.165) is 22.9 Å². The van der Waals surface area contributed by atoms with E-state index in [2.05, 4.69) is 0 Å². The molecule has 100 valence electrons. The van der Waals surface area contributed by atoms with Crippen LogP contribution in [0, 0.1) is 11.6 Å². The van der Waals surface area contributed by atoms with Crippen LogP contribution < -0.4 is 5.73 Å². The largest absolute Gasteiger partial charge is 0.315 e. The van der Waals surface area contributed by atoms with Gasteiger partial charge in [0.25, 0.3) is 0 Å². The van der Waals surface area contributed by atoms with Crippen molar-refractivity contribution in [3.8, 4) is 0 Å². The summed E-state index contributed by atoms with van der Waals surface area (Å²) in [7, 11) is -4.07. The maximum Gasteiger partial charge on any atom is 0.247 e. The molecule has 18 heavy (non-hydrogen) atoms. The van der Waals surface area contributed by atoms with Gasteiger partial charge < -0.3 is 5.73 Å². The molecule has 1 aromatic carbocycles. The molecule has 0 saturated carbocycles. The summed E-state index contributed by atoms with van der Waals surface area (Å²) < 4.78 is 52.1. The van der Waals surface area contributed by atoms with Gasteiger partial charge >= 0.3 is 0 Å². The summed E-state index contributed by atoms with van der Waals surface area (Å²) in [6, 6.07) is 2.37. The number of sulfonamides is 1. The number of hydrogen-bond acceptors (Lipinski definition) is 3. The zero-order valence-electron chi connectivity index (χ0n) is 9.64. The molecule has 0 aliphatic carbocycles. The number of rotatable bonds is 2. The van der Waals surface area contributed by atoms with Crippen molar-refractivity contribution in [3.05, 3.63) is 29.8 Å². The molecule has 2 N–H and O–H groups in total. The average Bonchev–Trinajstić information content (AvgIpc) is 2.32. The van der Waals surface area contributed by atoms with Crippen molar-refractivity contribution < 1.29 is 17.2 Å². The minimum Gasteiger partial charge on any atom is -0.315 e. The minimum atomic E-state index is -4.07. The van der Waals surface area contributed by atoms with Crippen LogP contribution in [0.2, 0.25) is 0 Å². The third-order valence-corrected chi connectivity index (χ3v) is 4.92. The van der Waals surface area contributed by atoms with E-state index in [1.807, 2.05) is 0 Å². The van der Waals surface area contributed by atoms with Gasteiger partial charge in [0, 0.05) is 6.54 Å². The third-order valence-electron chi connectivity index (χ3n) is 2.98. The highest BCUT2D eigenvalue weighted by atomic mass is 32.2. The molecule has 1 atom stereocenters. The van der Waals surface area contributed by atoms with Crippen molar-refractivity contribution >= 4 is 10.0 Å². The molecule has 0 spiro atoms. The van der Waals surface area contributed by atoms with Crippen LogP contribution in [-0.4, -0.2) is 25.4 Å². The first-order valence-electron chi connectivity index (χ1n) is 5.65. The molecule has 1 saturated heterocycles. The fraction of sp³-hybridized carbons (Fsp3) is 0.455. The van der Waals surface area contributed by atoms with Gasteiger partial charge in [-0.2, -0.15) is 4.31 Å². The Kier molecular flexibility index (Phi) is 3.65. The molecule has 1 fully saturated rings. The molecule has 0 radical (unpaired) electrons. The highest BCUT2D eigenvalue weighted by Crippen LogP contribution is 2.25. The van der Waals surface area contributed by atoms with Crippen molar-refractivity contribution in [3.63, 3.8) is 0 Å². The van der Waals surface area contributed by atoms with E-state index in [1.165, 1.54) is 0 Å². The zero-order valence-corrected chi connectivity index (χ0v) is 10.5. The lowest BCUT2D eigenvalue weighted by Crippen LogP contribution is -2.48. The first-order chi connectivity index (χ1) is 8.43. The molecule has 0 bridgehead atoms. The smallest absolute Gasteiger partial charge is 0.247 e. The van der Waals surface area contributed by atoms with Crippen molar-refractivity contribution in [2.24, 2.45) is 5.73 Å². The molecule has 1 heterocycles. The molecule has 1 unspecified atom stereocenters. The first-order valence-corrected chi connectivity index (χ1v) is 7.09. The number of nitrogens with two attached hydrogens (primary N) is 1. The van der Waals surface area contributed by atoms with Gasteiger partial charge in [0.15, 0.2) is 0 Å². The maximum absolute atomic E-state index is 13.5. The SMILES string of the molecule is NC1CCCCN1S(=O)(=O)c1cc(F)ccc1F. The quantitative estimate of drug-likeness (QED) is 0.888. The number of hydrogen-bond donors (Lipinski definition) is 1. The Morgan fingerprint density at radius 3 is 2.67 bits per heavy atom. The predicted octanol–water partition coefficient (Wildman–Crippen LogP) is 1.42. The van der Waals surface area contributed by atoms with Gasteiger partial charge in [-0.3, -0.25) is 0 Å². The van der Waals surface area contributed by atoms with E-state index in [0.29, 0.717) is 18.9 Å². The van der Waals surface area contributed by atoms with Crippen LogP contribution in [0.3, 0.4) is 0 Å². The van der Waals surface area contributed by atoms with Crippen LogP contribution in [0.5, 0.6) is 0 Å². The summed E-state index contributed by atoms with van der Waals surface area (Å²) in [5.41, 5.74) is 5.72. The van der Waals surface area contributed by atoms with Crippen LogP contribution in [0.1, 0.15) is 19.3 Å². The van der Waals surface area contributed by atoms with E-state index in [9.17, 15) is 17.2 Å². The number of piperidine rings is 1. The lowest BCUT2D eigenvalue weighted by atomic mass is 10.1. The molecule has 0 amide bonds.